The van der Waals surface area contributed by atoms with Crippen LogP contribution in [0, 0.1) is 0 Å². The summed E-state index contributed by atoms with van der Waals surface area (Å²) in [6, 6.07) is 19.5. The normalized spacial score (nSPS) is 22.0. The maximum absolute atomic E-state index is 12.6. The second kappa shape index (κ2) is 6.35. The number of para-hydroxylation sites is 2. The standard InChI is InChI=1S/C22H26N2O2/c1-22(2,3)26-21(25)23-14-13-20-18(15-23)17-11-7-8-12-19(17)24(20)16-9-5-4-6-10-16/h4-12,18,20H,13-15H2,1-3H3. The molecule has 0 aromatic heterocycles. The molecular formula is C22H26N2O2. The smallest absolute Gasteiger partial charge is 0.410 e. The van der Waals surface area contributed by atoms with Gasteiger partial charge in [0.1, 0.15) is 5.60 Å². The number of amides is 1. The summed E-state index contributed by atoms with van der Waals surface area (Å²) < 4.78 is 5.60. The first-order valence-electron chi connectivity index (χ1n) is 9.35. The van der Waals surface area contributed by atoms with Gasteiger partial charge in [-0.1, -0.05) is 36.4 Å². The summed E-state index contributed by atoms with van der Waals surface area (Å²) in [6.07, 6.45) is 0.736. The van der Waals surface area contributed by atoms with E-state index in [2.05, 4.69) is 53.4 Å². The summed E-state index contributed by atoms with van der Waals surface area (Å²) in [5.41, 5.74) is 3.35. The molecule has 1 saturated heterocycles. The molecule has 0 aliphatic carbocycles. The van der Waals surface area contributed by atoms with Gasteiger partial charge in [0.05, 0.1) is 0 Å². The summed E-state index contributed by atoms with van der Waals surface area (Å²) in [7, 11) is 0. The number of ether oxygens (including phenoxy) is 1. The van der Waals surface area contributed by atoms with E-state index in [1.165, 1.54) is 16.9 Å². The van der Waals surface area contributed by atoms with Gasteiger partial charge in [-0.2, -0.15) is 0 Å². The monoisotopic (exact) mass is 350 g/mol. The molecule has 2 aliphatic heterocycles. The van der Waals surface area contributed by atoms with Crippen LogP contribution in [-0.4, -0.2) is 35.7 Å². The maximum atomic E-state index is 12.6. The lowest BCUT2D eigenvalue weighted by atomic mass is 9.89. The summed E-state index contributed by atoms with van der Waals surface area (Å²) in [4.78, 5) is 16.9. The minimum absolute atomic E-state index is 0.202. The summed E-state index contributed by atoms with van der Waals surface area (Å²) in [6.45, 7) is 7.19. The fourth-order valence-corrected chi connectivity index (χ4v) is 4.16. The second-order valence-corrected chi connectivity index (χ2v) is 8.15. The van der Waals surface area contributed by atoms with Gasteiger partial charge in [0.2, 0.25) is 0 Å². The van der Waals surface area contributed by atoms with Gasteiger partial charge in [-0.3, -0.25) is 0 Å². The van der Waals surface area contributed by atoms with Gasteiger partial charge in [0, 0.05) is 36.4 Å². The number of rotatable bonds is 1. The Kier molecular flexibility index (Phi) is 4.14. The van der Waals surface area contributed by atoms with Crippen molar-refractivity contribution < 1.29 is 9.53 Å². The van der Waals surface area contributed by atoms with Crippen molar-refractivity contribution in [3.8, 4) is 0 Å². The first-order valence-corrected chi connectivity index (χ1v) is 9.35. The number of carbonyl (C=O) groups is 1. The molecule has 0 spiro atoms. The zero-order valence-corrected chi connectivity index (χ0v) is 15.7. The Morgan fingerprint density at radius 2 is 1.73 bits per heavy atom. The van der Waals surface area contributed by atoms with Crippen LogP contribution in [0.3, 0.4) is 0 Å². The Labute approximate surface area is 155 Å². The fourth-order valence-electron chi connectivity index (χ4n) is 4.16. The van der Waals surface area contributed by atoms with Crippen LogP contribution in [0.25, 0.3) is 0 Å². The molecule has 2 unspecified atom stereocenters. The van der Waals surface area contributed by atoms with E-state index >= 15 is 0 Å². The highest BCUT2D eigenvalue weighted by molar-refractivity contribution is 5.74. The quantitative estimate of drug-likeness (QED) is 0.731. The number of hydrogen-bond donors (Lipinski definition) is 0. The number of carbonyl (C=O) groups excluding carboxylic acids is 1. The molecule has 26 heavy (non-hydrogen) atoms. The van der Waals surface area contributed by atoms with Crippen LogP contribution in [0.1, 0.15) is 38.7 Å². The van der Waals surface area contributed by atoms with Crippen LogP contribution in [-0.2, 0) is 4.74 Å². The Morgan fingerprint density at radius 3 is 2.46 bits per heavy atom. The van der Waals surface area contributed by atoms with Crippen molar-refractivity contribution in [3.63, 3.8) is 0 Å². The third kappa shape index (κ3) is 3.05. The lowest BCUT2D eigenvalue weighted by Crippen LogP contribution is -2.48. The summed E-state index contributed by atoms with van der Waals surface area (Å²) in [5, 5.41) is 0. The van der Waals surface area contributed by atoms with Crippen LogP contribution in [0.4, 0.5) is 16.2 Å². The molecule has 2 heterocycles. The molecule has 0 saturated carbocycles. The Hall–Kier alpha value is -2.49. The average molecular weight is 350 g/mol. The minimum Gasteiger partial charge on any atom is -0.444 e. The molecule has 0 bridgehead atoms. The van der Waals surface area contributed by atoms with E-state index in [4.69, 9.17) is 4.74 Å². The van der Waals surface area contributed by atoms with E-state index in [-0.39, 0.29) is 6.09 Å². The number of anilines is 2. The number of hydrogen-bond acceptors (Lipinski definition) is 3. The molecule has 4 rings (SSSR count). The summed E-state index contributed by atoms with van der Waals surface area (Å²) >= 11 is 0. The number of nitrogens with zero attached hydrogens (tertiary/aromatic N) is 2. The molecule has 0 radical (unpaired) electrons. The predicted molar refractivity (Wildman–Crippen MR) is 104 cm³/mol. The first-order chi connectivity index (χ1) is 12.4. The molecule has 136 valence electrons. The van der Waals surface area contributed by atoms with E-state index in [0.29, 0.717) is 18.5 Å². The zero-order valence-electron chi connectivity index (χ0n) is 15.7. The van der Waals surface area contributed by atoms with Gasteiger partial charge < -0.3 is 14.5 Å². The SMILES string of the molecule is CC(C)(C)OC(=O)N1CCC2C(C1)c1ccccc1N2c1ccccc1. The highest BCUT2D eigenvalue weighted by atomic mass is 16.6. The van der Waals surface area contributed by atoms with Gasteiger partial charge in [-0.15, -0.1) is 0 Å². The van der Waals surface area contributed by atoms with Gasteiger partial charge in [0.25, 0.3) is 0 Å². The highest BCUT2D eigenvalue weighted by Crippen LogP contribution is 2.48. The Morgan fingerprint density at radius 1 is 1.04 bits per heavy atom. The Balaban J connectivity index is 1.63. The topological polar surface area (TPSA) is 32.8 Å². The lowest BCUT2D eigenvalue weighted by Gasteiger charge is -2.39. The molecule has 2 atom stereocenters. The molecule has 4 nitrogen and oxygen atoms in total. The first kappa shape index (κ1) is 17.0. The van der Waals surface area contributed by atoms with E-state index in [9.17, 15) is 4.79 Å². The molecule has 2 aromatic carbocycles. The van der Waals surface area contributed by atoms with Crippen LogP contribution >= 0.6 is 0 Å². The average Bonchev–Trinajstić information content (AvgIpc) is 2.95. The van der Waals surface area contributed by atoms with Crippen molar-refractivity contribution >= 4 is 17.5 Å². The molecule has 1 amide bonds. The van der Waals surface area contributed by atoms with Crippen molar-refractivity contribution in [1.82, 2.24) is 4.90 Å². The van der Waals surface area contributed by atoms with Gasteiger partial charge >= 0.3 is 6.09 Å². The van der Waals surface area contributed by atoms with Crippen LogP contribution in [0.15, 0.2) is 54.6 Å². The molecule has 4 heteroatoms. The fraction of sp³-hybridized carbons (Fsp3) is 0.409. The number of benzene rings is 2. The molecule has 2 aromatic rings. The minimum atomic E-state index is -0.461. The lowest BCUT2D eigenvalue weighted by molar-refractivity contribution is 0.0191. The molecule has 2 aliphatic rings. The van der Waals surface area contributed by atoms with E-state index < -0.39 is 5.60 Å². The molecule has 1 fully saturated rings. The maximum Gasteiger partial charge on any atom is 0.410 e. The van der Waals surface area contributed by atoms with E-state index in [1.54, 1.807) is 0 Å². The van der Waals surface area contributed by atoms with Crippen molar-refractivity contribution in [3.05, 3.63) is 60.2 Å². The third-order valence-corrected chi connectivity index (χ3v) is 5.19. The van der Waals surface area contributed by atoms with Gasteiger partial charge in [-0.25, -0.2) is 4.79 Å². The van der Waals surface area contributed by atoms with Crippen molar-refractivity contribution in [2.45, 2.75) is 44.8 Å². The third-order valence-electron chi connectivity index (χ3n) is 5.19. The largest absolute Gasteiger partial charge is 0.444 e. The number of piperidine rings is 1. The van der Waals surface area contributed by atoms with Crippen molar-refractivity contribution in [2.24, 2.45) is 0 Å². The van der Waals surface area contributed by atoms with Crippen molar-refractivity contribution in [1.29, 1.82) is 0 Å². The Bertz CT molecular complexity index is 797. The van der Waals surface area contributed by atoms with Crippen LogP contribution < -0.4 is 4.90 Å². The van der Waals surface area contributed by atoms with Gasteiger partial charge in [-0.05, 0) is 51.0 Å². The number of likely N-dealkylation sites (tertiary alicyclic amines) is 1. The predicted octanol–water partition coefficient (Wildman–Crippen LogP) is 4.93. The van der Waals surface area contributed by atoms with E-state index in [0.717, 1.165) is 13.0 Å². The van der Waals surface area contributed by atoms with Crippen LogP contribution in [0.5, 0.6) is 0 Å². The van der Waals surface area contributed by atoms with E-state index in [1.807, 2.05) is 31.7 Å². The molecular weight excluding hydrogens is 324 g/mol. The van der Waals surface area contributed by atoms with Gasteiger partial charge in [0.15, 0.2) is 0 Å². The summed E-state index contributed by atoms with van der Waals surface area (Å²) in [5.74, 6) is 0.313. The zero-order chi connectivity index (χ0) is 18.3. The van der Waals surface area contributed by atoms with Crippen LogP contribution in [0.2, 0.25) is 0 Å². The molecule has 0 N–H and O–H groups in total. The van der Waals surface area contributed by atoms with Crippen molar-refractivity contribution in [2.75, 3.05) is 18.0 Å². The highest BCUT2D eigenvalue weighted by Gasteiger charge is 2.43. The second-order valence-electron chi connectivity index (χ2n) is 8.15. The number of fused-ring (bicyclic) bond motifs is 3.